The van der Waals surface area contributed by atoms with Crippen molar-refractivity contribution in [2.75, 3.05) is 4.90 Å². The molecule has 0 aliphatic heterocycles. The third-order valence-corrected chi connectivity index (χ3v) is 7.62. The average Bonchev–Trinajstić information content (AvgIpc) is 3.39. The molecule has 7 rings (SSSR count). The maximum atomic E-state index is 9.89. The molecule has 0 fully saturated rings. The Morgan fingerprint density at radius 1 is 0.595 bits per heavy atom. The zero-order chi connectivity index (χ0) is 28.5. The van der Waals surface area contributed by atoms with E-state index in [1.54, 1.807) is 18.2 Å². The maximum absolute atomic E-state index is 9.89. The molecule has 0 aliphatic carbocycles. The van der Waals surface area contributed by atoms with Crippen LogP contribution in [0.5, 0.6) is 0 Å². The number of hydrogen-bond acceptors (Lipinski definition) is 2. The highest BCUT2D eigenvalue weighted by Gasteiger charge is 2.19. The fraction of sp³-hybridized carbons (Fsp3) is 0. The summed E-state index contributed by atoms with van der Waals surface area (Å²) in [4.78, 5) is 6.00. The first-order chi connectivity index (χ1) is 20.8. The van der Waals surface area contributed by atoms with E-state index in [-0.39, 0.29) is 0 Å². The first-order valence-corrected chi connectivity index (χ1v) is 13.7. The van der Waals surface area contributed by atoms with Gasteiger partial charge in [-0.15, -0.1) is 0 Å². The number of fused-ring (bicyclic) bond motifs is 3. The molecule has 7 aromatic rings. The number of rotatable bonds is 5. The Morgan fingerprint density at radius 3 is 1.81 bits per heavy atom. The highest BCUT2D eigenvalue weighted by Crippen LogP contribution is 2.42. The van der Waals surface area contributed by atoms with E-state index in [4.69, 9.17) is 6.57 Å². The van der Waals surface area contributed by atoms with E-state index in [2.05, 4.69) is 111 Å². The second kappa shape index (κ2) is 10.5. The molecule has 0 unspecified atom stereocenters. The van der Waals surface area contributed by atoms with E-state index in [9.17, 15) is 5.26 Å². The van der Waals surface area contributed by atoms with Gasteiger partial charge in [0, 0.05) is 44.6 Å². The summed E-state index contributed by atoms with van der Waals surface area (Å²) >= 11 is 0. The van der Waals surface area contributed by atoms with Gasteiger partial charge in [0.05, 0.1) is 23.7 Å². The number of benzene rings is 6. The van der Waals surface area contributed by atoms with Crippen molar-refractivity contribution in [3.05, 3.63) is 163 Å². The SMILES string of the molecule is [C-]#[N+]c1cccc(C#N)c1-c1ccc2c(c1)c1cc(N(c3ccccc3)c3ccccc3)ccc1n2-c1ccccc1. The predicted molar refractivity (Wildman–Crippen MR) is 172 cm³/mol. The summed E-state index contributed by atoms with van der Waals surface area (Å²) in [5.41, 5.74) is 8.88. The van der Waals surface area contributed by atoms with Crippen LogP contribution in [0.1, 0.15) is 5.56 Å². The highest BCUT2D eigenvalue weighted by atomic mass is 15.1. The van der Waals surface area contributed by atoms with Crippen LogP contribution in [0.15, 0.2) is 146 Å². The molecule has 0 saturated carbocycles. The van der Waals surface area contributed by atoms with Crippen molar-refractivity contribution in [3.8, 4) is 22.9 Å². The summed E-state index contributed by atoms with van der Waals surface area (Å²) in [7, 11) is 0. The van der Waals surface area contributed by atoms with Crippen molar-refractivity contribution in [2.45, 2.75) is 0 Å². The van der Waals surface area contributed by atoms with Crippen LogP contribution in [0.2, 0.25) is 0 Å². The van der Waals surface area contributed by atoms with E-state index in [0.29, 0.717) is 16.8 Å². The lowest BCUT2D eigenvalue weighted by Crippen LogP contribution is -2.09. The van der Waals surface area contributed by atoms with Crippen molar-refractivity contribution in [3.63, 3.8) is 0 Å². The van der Waals surface area contributed by atoms with Gasteiger partial charge in [0.1, 0.15) is 0 Å². The van der Waals surface area contributed by atoms with Gasteiger partial charge in [0.25, 0.3) is 0 Å². The molecule has 4 heteroatoms. The van der Waals surface area contributed by atoms with Gasteiger partial charge in [0.15, 0.2) is 5.69 Å². The fourth-order valence-electron chi connectivity index (χ4n) is 5.79. The lowest BCUT2D eigenvalue weighted by molar-refractivity contribution is 1.18. The number of nitriles is 1. The van der Waals surface area contributed by atoms with Gasteiger partial charge in [0.2, 0.25) is 0 Å². The summed E-state index contributed by atoms with van der Waals surface area (Å²) in [5, 5.41) is 12.0. The van der Waals surface area contributed by atoms with Crippen LogP contribution < -0.4 is 4.90 Å². The van der Waals surface area contributed by atoms with Gasteiger partial charge < -0.3 is 9.47 Å². The van der Waals surface area contributed by atoms with Gasteiger partial charge in [-0.3, -0.25) is 0 Å². The van der Waals surface area contributed by atoms with E-state index in [1.165, 1.54) is 0 Å². The molecule has 1 heterocycles. The molecule has 0 amide bonds. The lowest BCUT2D eigenvalue weighted by atomic mass is 9.96. The van der Waals surface area contributed by atoms with E-state index < -0.39 is 0 Å². The molecule has 6 aromatic carbocycles. The third-order valence-electron chi connectivity index (χ3n) is 7.62. The van der Waals surface area contributed by atoms with Gasteiger partial charge in [-0.2, -0.15) is 5.26 Å². The van der Waals surface area contributed by atoms with E-state index in [1.807, 2.05) is 36.4 Å². The number of nitrogens with zero attached hydrogens (tertiary/aromatic N) is 4. The van der Waals surface area contributed by atoms with Crippen LogP contribution >= 0.6 is 0 Å². The zero-order valence-corrected chi connectivity index (χ0v) is 22.6. The van der Waals surface area contributed by atoms with E-state index >= 15 is 0 Å². The molecule has 42 heavy (non-hydrogen) atoms. The fourth-order valence-corrected chi connectivity index (χ4v) is 5.79. The first kappa shape index (κ1) is 24.9. The second-order valence-electron chi connectivity index (χ2n) is 10.0. The molecule has 0 N–H and O–H groups in total. The van der Waals surface area contributed by atoms with E-state index in [0.717, 1.165) is 50.1 Å². The number of hydrogen-bond donors (Lipinski definition) is 0. The molecule has 0 saturated heterocycles. The summed E-state index contributed by atoms with van der Waals surface area (Å²) in [5.74, 6) is 0. The molecular formula is C38H24N4. The van der Waals surface area contributed by atoms with Crippen molar-refractivity contribution >= 4 is 44.6 Å². The summed E-state index contributed by atoms with van der Waals surface area (Å²) < 4.78 is 2.28. The molecule has 0 atom stereocenters. The standard InChI is InChI=1S/C38H24N4/c1-40-35-19-11-12-28(26-39)38(35)27-20-22-36-33(24-27)34-25-32(21-23-37(34)42(36)31-17-9-4-10-18-31)41(29-13-5-2-6-14-29)30-15-7-3-8-16-30/h2-25H. The molecule has 0 bridgehead atoms. The number of para-hydroxylation sites is 3. The van der Waals surface area contributed by atoms with Crippen LogP contribution in [0.3, 0.4) is 0 Å². The van der Waals surface area contributed by atoms with Gasteiger partial charge >= 0.3 is 0 Å². The summed E-state index contributed by atoms with van der Waals surface area (Å²) in [6.45, 7) is 7.76. The Bertz CT molecular complexity index is 2080. The van der Waals surface area contributed by atoms with Crippen LogP contribution in [-0.2, 0) is 0 Å². The van der Waals surface area contributed by atoms with Gasteiger partial charge in [-0.1, -0.05) is 72.8 Å². The molecule has 196 valence electrons. The van der Waals surface area contributed by atoms with Gasteiger partial charge in [-0.25, -0.2) is 4.85 Å². The zero-order valence-electron chi connectivity index (χ0n) is 22.6. The third kappa shape index (κ3) is 4.16. The second-order valence-corrected chi connectivity index (χ2v) is 10.0. The Labute approximate surface area is 244 Å². The first-order valence-electron chi connectivity index (χ1n) is 13.7. The molecule has 1 aromatic heterocycles. The molecule has 0 spiro atoms. The normalized spacial score (nSPS) is 10.8. The van der Waals surface area contributed by atoms with Crippen molar-refractivity contribution in [1.82, 2.24) is 4.57 Å². The summed E-state index contributed by atoms with van der Waals surface area (Å²) in [6, 6.07) is 51.6. The van der Waals surface area contributed by atoms with Crippen LogP contribution in [0.4, 0.5) is 22.7 Å². The minimum Gasteiger partial charge on any atom is -0.310 e. The Hall–Kier alpha value is -6.10. The predicted octanol–water partition coefficient (Wildman–Crippen LogP) is 10.3. The molecular weight excluding hydrogens is 512 g/mol. The van der Waals surface area contributed by atoms with Crippen LogP contribution in [0, 0.1) is 17.9 Å². The monoisotopic (exact) mass is 536 g/mol. The van der Waals surface area contributed by atoms with Crippen LogP contribution in [-0.4, -0.2) is 4.57 Å². The quantitative estimate of drug-likeness (QED) is 0.205. The largest absolute Gasteiger partial charge is 0.310 e. The maximum Gasteiger partial charge on any atom is 0.196 e. The van der Waals surface area contributed by atoms with Gasteiger partial charge in [-0.05, 0) is 78.4 Å². The Balaban J connectivity index is 1.53. The molecule has 0 radical (unpaired) electrons. The summed E-state index contributed by atoms with van der Waals surface area (Å²) in [6.07, 6.45) is 0. The smallest absolute Gasteiger partial charge is 0.196 e. The number of anilines is 3. The molecule has 4 nitrogen and oxygen atoms in total. The molecule has 0 aliphatic rings. The van der Waals surface area contributed by atoms with Crippen molar-refractivity contribution in [2.24, 2.45) is 0 Å². The average molecular weight is 537 g/mol. The number of aromatic nitrogens is 1. The highest BCUT2D eigenvalue weighted by molar-refractivity contribution is 6.12. The topological polar surface area (TPSA) is 36.3 Å². The minimum atomic E-state index is 0.472. The lowest BCUT2D eigenvalue weighted by Gasteiger charge is -2.25. The minimum absolute atomic E-state index is 0.472. The Morgan fingerprint density at radius 2 is 1.19 bits per heavy atom. The Kier molecular flexibility index (Phi) is 6.21. The van der Waals surface area contributed by atoms with Crippen molar-refractivity contribution < 1.29 is 0 Å². The van der Waals surface area contributed by atoms with Crippen molar-refractivity contribution in [1.29, 1.82) is 5.26 Å². The van der Waals surface area contributed by atoms with Crippen LogP contribution in [0.25, 0.3) is 43.5 Å².